The lowest BCUT2D eigenvalue weighted by atomic mass is 10.6. The van der Waals surface area contributed by atoms with Crippen LogP contribution in [0.25, 0.3) is 0 Å². The zero-order valence-corrected chi connectivity index (χ0v) is 10.8. The Balaban J connectivity index is 2.26. The van der Waals surface area contributed by atoms with Crippen molar-refractivity contribution in [2.45, 2.75) is 16.6 Å². The molecule has 1 N–H and O–H groups in total. The number of tetrazole rings is 1. The summed E-state index contributed by atoms with van der Waals surface area (Å²) in [6, 6.07) is 1.49. The molecule has 2 heterocycles. The Labute approximate surface area is 114 Å². The Bertz CT molecular complexity index is 591. The Morgan fingerprint density at radius 3 is 2.89 bits per heavy atom. The quantitative estimate of drug-likeness (QED) is 0.891. The Morgan fingerprint density at radius 2 is 2.17 bits per heavy atom. The van der Waals surface area contributed by atoms with E-state index in [1.54, 1.807) is 0 Å². The number of carboxylic acids is 1. The second-order valence-corrected chi connectivity index (χ2v) is 4.69. The first-order valence-electron chi connectivity index (χ1n) is 4.41. The van der Waals surface area contributed by atoms with E-state index in [0.29, 0.717) is 4.90 Å². The summed E-state index contributed by atoms with van der Waals surface area (Å²) in [6.07, 6.45) is 0. The van der Waals surface area contributed by atoms with Crippen LogP contribution < -0.4 is 0 Å². The molecule has 0 aliphatic heterocycles. The highest BCUT2D eigenvalue weighted by Gasteiger charge is 2.14. The van der Waals surface area contributed by atoms with Gasteiger partial charge in [0.2, 0.25) is 5.16 Å². The highest BCUT2D eigenvalue weighted by Crippen LogP contribution is 2.31. The summed E-state index contributed by atoms with van der Waals surface area (Å²) in [7, 11) is 0. The van der Waals surface area contributed by atoms with Crippen molar-refractivity contribution in [1.29, 1.82) is 0 Å². The maximum Gasteiger partial charge on any atom is 0.325 e. The molecule has 0 radical (unpaired) electrons. The number of aromatic nitrogens is 6. The third kappa shape index (κ3) is 3.06. The van der Waals surface area contributed by atoms with E-state index in [0.717, 1.165) is 16.4 Å². The van der Waals surface area contributed by atoms with Crippen LogP contribution in [0, 0.1) is 0 Å². The molecule has 18 heavy (non-hydrogen) atoms. The molecule has 0 unspecified atom stereocenters. The lowest BCUT2D eigenvalue weighted by Crippen LogP contribution is -2.11. The van der Waals surface area contributed by atoms with E-state index in [1.165, 1.54) is 6.07 Å². The molecular weight excluding hydrogens is 303 g/mol. The van der Waals surface area contributed by atoms with E-state index in [2.05, 4.69) is 25.7 Å². The SMILES string of the molecule is O=C(O)Cn1nnnc1Sc1cc(Cl)nnc1Cl. The second kappa shape index (κ2) is 5.46. The summed E-state index contributed by atoms with van der Waals surface area (Å²) in [5.41, 5.74) is 0. The van der Waals surface area contributed by atoms with E-state index < -0.39 is 5.97 Å². The van der Waals surface area contributed by atoms with Crippen LogP contribution in [-0.4, -0.2) is 41.5 Å². The van der Waals surface area contributed by atoms with Crippen LogP contribution in [-0.2, 0) is 11.3 Å². The fourth-order valence-electron chi connectivity index (χ4n) is 1.00. The van der Waals surface area contributed by atoms with Crippen LogP contribution in [0.4, 0.5) is 0 Å². The fraction of sp³-hybridized carbons (Fsp3) is 0.143. The number of hydrogen-bond acceptors (Lipinski definition) is 7. The molecule has 2 rings (SSSR count). The van der Waals surface area contributed by atoms with Crippen LogP contribution in [0.15, 0.2) is 16.1 Å². The Hall–Kier alpha value is -1.45. The average Bonchev–Trinajstić information content (AvgIpc) is 2.70. The molecule has 0 saturated carbocycles. The maximum absolute atomic E-state index is 10.6. The molecule has 0 fully saturated rings. The first-order chi connectivity index (χ1) is 8.56. The summed E-state index contributed by atoms with van der Waals surface area (Å²) in [5.74, 6) is -1.05. The zero-order chi connectivity index (χ0) is 13.1. The number of hydrogen-bond donors (Lipinski definition) is 1. The van der Waals surface area contributed by atoms with Gasteiger partial charge in [-0.05, 0) is 28.3 Å². The third-order valence-electron chi connectivity index (χ3n) is 1.67. The predicted octanol–water partition coefficient (Wildman–Crippen LogP) is 1.01. The molecule has 2 aromatic rings. The summed E-state index contributed by atoms with van der Waals surface area (Å²) in [6.45, 7) is -0.348. The van der Waals surface area contributed by atoms with Gasteiger partial charge in [-0.2, -0.15) is 0 Å². The first-order valence-corrected chi connectivity index (χ1v) is 5.98. The average molecular weight is 307 g/mol. The van der Waals surface area contributed by atoms with Crippen molar-refractivity contribution in [3.8, 4) is 0 Å². The van der Waals surface area contributed by atoms with Crippen LogP contribution >= 0.6 is 35.0 Å². The minimum absolute atomic E-state index is 0.134. The monoisotopic (exact) mass is 306 g/mol. The smallest absolute Gasteiger partial charge is 0.325 e. The molecule has 11 heteroatoms. The molecule has 0 bridgehead atoms. The zero-order valence-electron chi connectivity index (χ0n) is 8.49. The van der Waals surface area contributed by atoms with E-state index in [-0.39, 0.29) is 22.0 Å². The van der Waals surface area contributed by atoms with Gasteiger partial charge in [0.1, 0.15) is 6.54 Å². The predicted molar refractivity (Wildman–Crippen MR) is 61.6 cm³/mol. The normalized spacial score (nSPS) is 10.6. The van der Waals surface area contributed by atoms with Crippen molar-refractivity contribution < 1.29 is 9.90 Å². The summed E-state index contributed by atoms with van der Waals surface area (Å²) < 4.78 is 1.12. The minimum atomic E-state index is -1.05. The van der Waals surface area contributed by atoms with E-state index in [9.17, 15) is 4.79 Å². The number of halogens is 2. The lowest BCUT2D eigenvalue weighted by molar-refractivity contribution is -0.138. The van der Waals surface area contributed by atoms with Gasteiger partial charge in [-0.15, -0.1) is 15.3 Å². The van der Waals surface area contributed by atoms with Crippen molar-refractivity contribution in [3.63, 3.8) is 0 Å². The van der Waals surface area contributed by atoms with Crippen LogP contribution in [0.2, 0.25) is 10.3 Å². The van der Waals surface area contributed by atoms with Gasteiger partial charge < -0.3 is 5.11 Å². The van der Waals surface area contributed by atoms with E-state index in [4.69, 9.17) is 28.3 Å². The Kier molecular flexibility index (Phi) is 3.94. The standard InChI is InChI=1S/C7H4Cl2N6O2S/c8-4-1-3(6(9)11-10-4)18-7-12-13-14-15(7)2-5(16)17/h1H,2H2,(H,16,17). The van der Waals surface area contributed by atoms with Gasteiger partial charge >= 0.3 is 5.97 Å². The molecule has 2 aromatic heterocycles. The molecule has 0 spiro atoms. The molecular formula is C7H4Cl2N6O2S. The molecule has 8 nitrogen and oxygen atoms in total. The first kappa shape index (κ1) is 13.0. The van der Waals surface area contributed by atoms with Crippen molar-refractivity contribution >= 4 is 40.9 Å². The minimum Gasteiger partial charge on any atom is -0.480 e. The molecule has 0 amide bonds. The second-order valence-electron chi connectivity index (χ2n) is 2.94. The van der Waals surface area contributed by atoms with Crippen molar-refractivity contribution in [2.24, 2.45) is 0 Å². The van der Waals surface area contributed by atoms with Gasteiger partial charge in [-0.1, -0.05) is 23.2 Å². The van der Waals surface area contributed by atoms with Gasteiger partial charge in [-0.3, -0.25) is 4.79 Å². The van der Waals surface area contributed by atoms with Gasteiger partial charge in [0, 0.05) is 0 Å². The third-order valence-corrected chi connectivity index (χ3v) is 3.25. The largest absolute Gasteiger partial charge is 0.480 e. The summed E-state index contributed by atoms with van der Waals surface area (Å²) in [4.78, 5) is 11.1. The van der Waals surface area contributed by atoms with Gasteiger partial charge in [0.15, 0.2) is 10.3 Å². The molecule has 94 valence electrons. The lowest BCUT2D eigenvalue weighted by Gasteiger charge is -2.02. The molecule has 0 atom stereocenters. The number of carbonyl (C=O) groups is 1. The van der Waals surface area contributed by atoms with Gasteiger partial charge in [-0.25, -0.2) is 4.68 Å². The molecule has 0 aliphatic carbocycles. The topological polar surface area (TPSA) is 107 Å². The number of nitrogens with zero attached hydrogens (tertiary/aromatic N) is 6. The van der Waals surface area contributed by atoms with Crippen molar-refractivity contribution in [3.05, 3.63) is 16.4 Å². The molecule has 0 saturated heterocycles. The molecule has 0 aliphatic rings. The maximum atomic E-state index is 10.6. The van der Waals surface area contributed by atoms with Crippen LogP contribution in [0.3, 0.4) is 0 Å². The van der Waals surface area contributed by atoms with E-state index in [1.807, 2.05) is 0 Å². The summed E-state index contributed by atoms with van der Waals surface area (Å²) in [5, 5.41) is 27.0. The number of carboxylic acid groups (broad SMARTS) is 1. The van der Waals surface area contributed by atoms with Gasteiger partial charge in [0.25, 0.3) is 0 Å². The number of aliphatic carboxylic acids is 1. The van der Waals surface area contributed by atoms with Gasteiger partial charge in [0.05, 0.1) is 4.90 Å². The van der Waals surface area contributed by atoms with Crippen molar-refractivity contribution in [2.75, 3.05) is 0 Å². The highest BCUT2D eigenvalue weighted by atomic mass is 35.5. The fourth-order valence-corrected chi connectivity index (χ4v) is 2.20. The number of rotatable bonds is 4. The van der Waals surface area contributed by atoms with Crippen molar-refractivity contribution in [1.82, 2.24) is 30.4 Å². The molecule has 0 aromatic carbocycles. The van der Waals surface area contributed by atoms with E-state index >= 15 is 0 Å². The Morgan fingerprint density at radius 1 is 1.39 bits per heavy atom. The summed E-state index contributed by atoms with van der Waals surface area (Å²) >= 11 is 12.6. The van der Waals surface area contributed by atoms with Crippen LogP contribution in [0.1, 0.15) is 0 Å². The highest BCUT2D eigenvalue weighted by molar-refractivity contribution is 7.99. The van der Waals surface area contributed by atoms with Crippen LogP contribution in [0.5, 0.6) is 0 Å².